The molecule has 0 amide bonds. The van der Waals surface area contributed by atoms with Crippen molar-refractivity contribution in [1.82, 2.24) is 0 Å². The normalized spacial score (nSPS) is 10.7. The summed E-state index contributed by atoms with van der Waals surface area (Å²) in [5, 5.41) is 20.3. The van der Waals surface area contributed by atoms with Crippen LogP contribution < -0.4 is 4.74 Å². The van der Waals surface area contributed by atoms with Crippen molar-refractivity contribution in [2.75, 3.05) is 7.11 Å². The van der Waals surface area contributed by atoms with Gasteiger partial charge in [0.25, 0.3) is 5.69 Å². The van der Waals surface area contributed by atoms with Gasteiger partial charge in [-0.2, -0.15) is 0 Å². The molecule has 0 aromatic heterocycles. The summed E-state index contributed by atoms with van der Waals surface area (Å²) in [6.07, 6.45) is 1.37. The van der Waals surface area contributed by atoms with E-state index in [4.69, 9.17) is 4.74 Å². The lowest BCUT2D eigenvalue weighted by molar-refractivity contribution is -0.384. The first-order valence-electron chi connectivity index (χ1n) is 5.75. The zero-order valence-electron chi connectivity index (χ0n) is 10.7. The molecule has 0 aliphatic carbocycles. The number of hydrogen-bond donors (Lipinski definition) is 1. The Hall–Kier alpha value is -2.89. The summed E-state index contributed by atoms with van der Waals surface area (Å²) in [6.45, 7) is 0. The number of hydrogen-bond acceptors (Lipinski definition) is 5. The highest BCUT2D eigenvalue weighted by atomic mass is 16.6. The molecule has 6 nitrogen and oxygen atoms in total. The number of aromatic hydroxyl groups is 1. The van der Waals surface area contributed by atoms with Crippen LogP contribution in [0.25, 0.3) is 0 Å². The van der Waals surface area contributed by atoms with Crippen molar-refractivity contribution in [1.29, 1.82) is 0 Å². The monoisotopic (exact) mass is 272 g/mol. The molecule has 2 aromatic carbocycles. The van der Waals surface area contributed by atoms with Crippen LogP contribution in [-0.4, -0.2) is 23.4 Å². The van der Waals surface area contributed by atoms with Crippen molar-refractivity contribution >= 4 is 17.6 Å². The average molecular weight is 272 g/mol. The Labute approximate surface area is 115 Å². The fourth-order valence-electron chi connectivity index (χ4n) is 1.59. The molecule has 0 aliphatic rings. The Bertz CT molecular complexity index is 668. The number of ether oxygens (including phenoxy) is 1. The smallest absolute Gasteiger partial charge is 0.270 e. The summed E-state index contributed by atoms with van der Waals surface area (Å²) in [6, 6.07) is 10.8. The summed E-state index contributed by atoms with van der Waals surface area (Å²) in [4.78, 5) is 14.3. The minimum Gasteiger partial charge on any atom is -0.507 e. The second kappa shape index (κ2) is 5.83. The number of phenols is 1. The van der Waals surface area contributed by atoms with E-state index in [0.29, 0.717) is 11.4 Å². The molecule has 0 bridgehead atoms. The first kappa shape index (κ1) is 13.5. The first-order valence-corrected chi connectivity index (χ1v) is 5.75. The van der Waals surface area contributed by atoms with Gasteiger partial charge in [-0.3, -0.25) is 15.1 Å². The van der Waals surface area contributed by atoms with Gasteiger partial charge in [-0.1, -0.05) is 6.07 Å². The molecule has 2 aromatic rings. The molecule has 20 heavy (non-hydrogen) atoms. The summed E-state index contributed by atoms with van der Waals surface area (Å²) in [5.41, 5.74) is 0.798. The van der Waals surface area contributed by atoms with E-state index in [-0.39, 0.29) is 17.0 Å². The average Bonchev–Trinajstić information content (AvgIpc) is 2.46. The highest BCUT2D eigenvalue weighted by molar-refractivity contribution is 5.86. The van der Waals surface area contributed by atoms with Crippen molar-refractivity contribution in [2.24, 2.45) is 4.99 Å². The summed E-state index contributed by atoms with van der Waals surface area (Å²) in [5.74, 6) is 0.588. The molecule has 0 atom stereocenters. The number of rotatable bonds is 4. The van der Waals surface area contributed by atoms with E-state index in [1.165, 1.54) is 24.4 Å². The summed E-state index contributed by atoms with van der Waals surface area (Å²) < 4.78 is 5.07. The van der Waals surface area contributed by atoms with Gasteiger partial charge in [-0.05, 0) is 18.2 Å². The van der Waals surface area contributed by atoms with E-state index in [2.05, 4.69) is 4.99 Å². The third-order valence-electron chi connectivity index (χ3n) is 2.63. The zero-order valence-corrected chi connectivity index (χ0v) is 10.7. The van der Waals surface area contributed by atoms with Crippen LogP contribution >= 0.6 is 0 Å². The summed E-state index contributed by atoms with van der Waals surface area (Å²) >= 11 is 0. The molecule has 0 aliphatic heterocycles. The van der Waals surface area contributed by atoms with Crippen molar-refractivity contribution in [3.63, 3.8) is 0 Å². The molecule has 0 unspecified atom stereocenters. The van der Waals surface area contributed by atoms with Crippen LogP contribution in [0.5, 0.6) is 11.5 Å². The molecule has 0 radical (unpaired) electrons. The van der Waals surface area contributed by atoms with Crippen LogP contribution in [0.3, 0.4) is 0 Å². The molecule has 0 spiro atoms. The standard InChI is InChI=1S/C14H12N2O4/c1-20-13-4-2-3-11(8-13)15-9-10-7-12(16(18)19)5-6-14(10)17/h2-9,17H,1H3. The predicted molar refractivity (Wildman–Crippen MR) is 75.0 cm³/mol. The maximum atomic E-state index is 10.7. The maximum Gasteiger partial charge on any atom is 0.270 e. The van der Waals surface area contributed by atoms with Crippen molar-refractivity contribution in [2.45, 2.75) is 0 Å². The Morgan fingerprint density at radius 2 is 2.10 bits per heavy atom. The highest BCUT2D eigenvalue weighted by Crippen LogP contribution is 2.23. The number of phenolic OH excluding ortho intramolecular Hbond substituents is 1. The second-order valence-electron chi connectivity index (χ2n) is 3.96. The van der Waals surface area contributed by atoms with Crippen LogP contribution in [0.1, 0.15) is 5.56 Å². The lowest BCUT2D eigenvalue weighted by atomic mass is 10.2. The van der Waals surface area contributed by atoms with Gasteiger partial charge in [0.15, 0.2) is 0 Å². The van der Waals surface area contributed by atoms with Gasteiger partial charge in [-0.15, -0.1) is 0 Å². The van der Waals surface area contributed by atoms with E-state index in [9.17, 15) is 15.2 Å². The van der Waals surface area contributed by atoms with Gasteiger partial charge in [-0.25, -0.2) is 0 Å². The molecular weight excluding hydrogens is 260 g/mol. The fraction of sp³-hybridized carbons (Fsp3) is 0.0714. The van der Waals surface area contributed by atoms with Gasteiger partial charge in [0.1, 0.15) is 11.5 Å². The number of non-ortho nitro benzene ring substituents is 1. The SMILES string of the molecule is COc1cccc(N=Cc2cc([N+](=O)[O-])ccc2O)c1. The van der Waals surface area contributed by atoms with Gasteiger partial charge in [0, 0.05) is 30.0 Å². The zero-order chi connectivity index (χ0) is 14.5. The van der Waals surface area contributed by atoms with Crippen LogP contribution in [0.2, 0.25) is 0 Å². The Morgan fingerprint density at radius 1 is 1.30 bits per heavy atom. The van der Waals surface area contributed by atoms with Gasteiger partial charge >= 0.3 is 0 Å². The third-order valence-corrected chi connectivity index (χ3v) is 2.63. The number of benzene rings is 2. The Morgan fingerprint density at radius 3 is 2.80 bits per heavy atom. The molecular formula is C14H12N2O4. The van der Waals surface area contributed by atoms with Gasteiger partial charge < -0.3 is 9.84 Å². The predicted octanol–water partition coefficient (Wildman–Crippen LogP) is 3.06. The lowest BCUT2D eigenvalue weighted by Crippen LogP contribution is -1.90. The molecule has 1 N–H and O–H groups in total. The Balaban J connectivity index is 2.30. The van der Waals surface area contributed by atoms with E-state index < -0.39 is 4.92 Å². The largest absolute Gasteiger partial charge is 0.507 e. The van der Waals surface area contributed by atoms with E-state index >= 15 is 0 Å². The Kier molecular flexibility index (Phi) is 3.95. The summed E-state index contributed by atoms with van der Waals surface area (Å²) in [7, 11) is 1.55. The van der Waals surface area contributed by atoms with Crippen LogP contribution in [-0.2, 0) is 0 Å². The minimum atomic E-state index is -0.525. The van der Waals surface area contributed by atoms with Gasteiger partial charge in [0.05, 0.1) is 17.7 Å². The van der Waals surface area contributed by atoms with Crippen molar-refractivity contribution in [3.8, 4) is 11.5 Å². The molecule has 2 rings (SSSR count). The maximum absolute atomic E-state index is 10.7. The lowest BCUT2D eigenvalue weighted by Gasteiger charge is -2.01. The number of nitro groups is 1. The van der Waals surface area contributed by atoms with Crippen LogP contribution in [0, 0.1) is 10.1 Å². The van der Waals surface area contributed by atoms with Crippen LogP contribution in [0.15, 0.2) is 47.5 Å². The topological polar surface area (TPSA) is 85.0 Å². The number of nitrogens with zero attached hydrogens (tertiary/aromatic N) is 2. The highest BCUT2D eigenvalue weighted by Gasteiger charge is 2.08. The minimum absolute atomic E-state index is 0.0674. The number of aliphatic imine (C=N–C) groups is 1. The molecule has 102 valence electrons. The van der Waals surface area contributed by atoms with E-state index in [0.717, 1.165) is 0 Å². The number of methoxy groups -OCH3 is 1. The number of nitro benzene ring substituents is 1. The first-order chi connectivity index (χ1) is 9.60. The van der Waals surface area contributed by atoms with E-state index in [1.54, 1.807) is 31.4 Å². The quantitative estimate of drug-likeness (QED) is 0.526. The fourth-order valence-corrected chi connectivity index (χ4v) is 1.59. The molecule has 0 heterocycles. The molecule has 6 heteroatoms. The molecule has 0 saturated heterocycles. The molecule has 0 fully saturated rings. The molecule has 0 saturated carbocycles. The van der Waals surface area contributed by atoms with Crippen molar-refractivity contribution < 1.29 is 14.8 Å². The van der Waals surface area contributed by atoms with Crippen LogP contribution in [0.4, 0.5) is 11.4 Å². The third kappa shape index (κ3) is 3.11. The second-order valence-corrected chi connectivity index (χ2v) is 3.96. The van der Waals surface area contributed by atoms with Crippen molar-refractivity contribution in [3.05, 3.63) is 58.1 Å². The van der Waals surface area contributed by atoms with Gasteiger partial charge in [0.2, 0.25) is 0 Å². The van der Waals surface area contributed by atoms with E-state index in [1.807, 2.05) is 0 Å².